The van der Waals surface area contributed by atoms with Gasteiger partial charge in [0.25, 0.3) is 0 Å². The average molecular weight is 265 g/mol. The minimum absolute atomic E-state index is 0.00565. The van der Waals surface area contributed by atoms with Crippen LogP contribution in [0.5, 0.6) is 0 Å². The molecule has 0 amide bonds. The van der Waals surface area contributed by atoms with Gasteiger partial charge in [-0.3, -0.25) is 5.41 Å². The molecule has 0 aromatic carbocycles. The molecular weight excluding hydrogens is 242 g/mol. The van der Waals surface area contributed by atoms with Crippen molar-refractivity contribution in [3.05, 3.63) is 16.8 Å². The Morgan fingerprint density at radius 3 is 2.42 bits per heavy atom. The summed E-state index contributed by atoms with van der Waals surface area (Å²) < 4.78 is 0. The van der Waals surface area contributed by atoms with Crippen molar-refractivity contribution in [1.29, 1.82) is 5.41 Å². The average Bonchev–Trinajstić information content (AvgIpc) is 2.35. The van der Waals surface area contributed by atoms with Crippen LogP contribution >= 0.6 is 0 Å². The number of aliphatic hydroxyl groups is 1. The van der Waals surface area contributed by atoms with Gasteiger partial charge in [0.2, 0.25) is 0 Å². The lowest BCUT2D eigenvalue weighted by atomic mass is 10.0. The van der Waals surface area contributed by atoms with Crippen LogP contribution in [-0.2, 0) is 12.8 Å². The Bertz CT molecular complexity index is 459. The van der Waals surface area contributed by atoms with E-state index in [0.717, 1.165) is 24.1 Å². The molecule has 1 rings (SSSR count). The number of aliphatic hydroxyl groups excluding tert-OH is 1. The number of nitrogen functional groups attached to an aromatic ring is 1. The second kappa shape index (κ2) is 6.47. The molecule has 0 bridgehead atoms. The monoisotopic (exact) mass is 265 g/mol. The summed E-state index contributed by atoms with van der Waals surface area (Å²) in [6.07, 6.45) is 1.03. The SMILES string of the molecule is CCc1nnc(N(C)CC(C)O)c(C(=N)N)c1CC. The lowest BCUT2D eigenvalue weighted by Crippen LogP contribution is -2.31. The van der Waals surface area contributed by atoms with Gasteiger partial charge >= 0.3 is 0 Å². The standard InChI is InChI=1S/C13H23N5O/c1-5-9-10(6-2)16-17-13(11(9)12(14)15)18(4)7-8(3)19/h8,19H,5-7H2,1-4H3,(H3,14,15). The number of nitrogens with one attached hydrogen (secondary N) is 1. The molecule has 0 aliphatic carbocycles. The molecule has 0 aliphatic rings. The van der Waals surface area contributed by atoms with Crippen molar-refractivity contribution in [3.63, 3.8) is 0 Å². The molecule has 0 spiro atoms. The molecule has 1 aromatic heterocycles. The van der Waals surface area contributed by atoms with Gasteiger partial charge in [-0.25, -0.2) is 0 Å². The zero-order valence-electron chi connectivity index (χ0n) is 12.1. The van der Waals surface area contributed by atoms with E-state index in [4.69, 9.17) is 11.1 Å². The van der Waals surface area contributed by atoms with Crippen molar-refractivity contribution >= 4 is 11.7 Å². The summed E-state index contributed by atoms with van der Waals surface area (Å²) in [6.45, 7) is 6.15. The molecular formula is C13H23N5O. The Hall–Kier alpha value is -1.69. The summed E-state index contributed by atoms with van der Waals surface area (Å²) in [7, 11) is 1.81. The zero-order valence-corrected chi connectivity index (χ0v) is 12.1. The lowest BCUT2D eigenvalue weighted by molar-refractivity contribution is 0.201. The second-order valence-corrected chi connectivity index (χ2v) is 4.67. The van der Waals surface area contributed by atoms with Crippen molar-refractivity contribution in [2.45, 2.75) is 39.7 Å². The summed E-state index contributed by atoms with van der Waals surface area (Å²) in [4.78, 5) is 1.78. The van der Waals surface area contributed by atoms with Gasteiger partial charge in [-0.15, -0.1) is 5.10 Å². The van der Waals surface area contributed by atoms with E-state index in [-0.39, 0.29) is 5.84 Å². The van der Waals surface area contributed by atoms with Gasteiger partial charge in [-0.2, -0.15) is 5.10 Å². The number of aryl methyl sites for hydroxylation is 1. The number of rotatable bonds is 6. The van der Waals surface area contributed by atoms with E-state index in [2.05, 4.69) is 10.2 Å². The van der Waals surface area contributed by atoms with Crippen LogP contribution in [0.1, 0.15) is 37.6 Å². The van der Waals surface area contributed by atoms with Crippen molar-refractivity contribution in [3.8, 4) is 0 Å². The Balaban J connectivity index is 3.35. The maximum absolute atomic E-state index is 9.47. The number of nitrogens with zero attached hydrogens (tertiary/aromatic N) is 3. The molecule has 1 heterocycles. The number of anilines is 1. The van der Waals surface area contributed by atoms with E-state index in [1.165, 1.54) is 0 Å². The predicted octanol–water partition coefficient (Wildman–Crippen LogP) is 0.702. The maximum Gasteiger partial charge on any atom is 0.162 e. The van der Waals surface area contributed by atoms with Crippen LogP contribution in [0.2, 0.25) is 0 Å². The highest BCUT2D eigenvalue weighted by atomic mass is 16.3. The summed E-state index contributed by atoms with van der Waals surface area (Å²) in [5.74, 6) is 0.552. The predicted molar refractivity (Wildman–Crippen MR) is 76.8 cm³/mol. The molecule has 0 saturated carbocycles. The van der Waals surface area contributed by atoms with Crippen LogP contribution in [0, 0.1) is 5.41 Å². The fourth-order valence-corrected chi connectivity index (χ4v) is 2.20. The van der Waals surface area contributed by atoms with Gasteiger partial charge in [-0.1, -0.05) is 13.8 Å². The molecule has 1 aromatic rings. The fraction of sp³-hybridized carbons (Fsp3) is 0.615. The first-order valence-corrected chi connectivity index (χ1v) is 6.54. The first-order valence-electron chi connectivity index (χ1n) is 6.54. The summed E-state index contributed by atoms with van der Waals surface area (Å²) in [6, 6.07) is 0. The van der Waals surface area contributed by atoms with Crippen molar-refractivity contribution < 1.29 is 5.11 Å². The van der Waals surface area contributed by atoms with Crippen LogP contribution < -0.4 is 10.6 Å². The lowest BCUT2D eigenvalue weighted by Gasteiger charge is -2.23. The second-order valence-electron chi connectivity index (χ2n) is 4.67. The fourth-order valence-electron chi connectivity index (χ4n) is 2.20. The summed E-state index contributed by atoms with van der Waals surface area (Å²) in [5.41, 5.74) is 8.19. The molecule has 1 atom stereocenters. The highest BCUT2D eigenvalue weighted by Crippen LogP contribution is 2.23. The van der Waals surface area contributed by atoms with E-state index >= 15 is 0 Å². The van der Waals surface area contributed by atoms with Gasteiger partial charge < -0.3 is 15.7 Å². The Morgan fingerprint density at radius 1 is 1.37 bits per heavy atom. The number of hydrogen-bond donors (Lipinski definition) is 3. The Morgan fingerprint density at radius 2 is 2.00 bits per heavy atom. The molecule has 0 saturated heterocycles. The molecule has 6 heteroatoms. The Labute approximate surface area is 114 Å². The first kappa shape index (κ1) is 15.4. The van der Waals surface area contributed by atoms with Crippen molar-refractivity contribution in [2.75, 3.05) is 18.5 Å². The third-order valence-corrected chi connectivity index (χ3v) is 3.00. The molecule has 1 unspecified atom stereocenters. The van der Waals surface area contributed by atoms with Gasteiger partial charge in [0.15, 0.2) is 5.82 Å². The van der Waals surface area contributed by atoms with Gasteiger partial charge in [0, 0.05) is 13.6 Å². The number of aromatic nitrogens is 2. The van der Waals surface area contributed by atoms with E-state index in [1.54, 1.807) is 11.8 Å². The minimum atomic E-state index is -0.484. The quantitative estimate of drug-likeness (QED) is 0.519. The van der Waals surface area contributed by atoms with Crippen LogP contribution in [0.3, 0.4) is 0 Å². The van der Waals surface area contributed by atoms with Crippen LogP contribution in [-0.4, -0.2) is 40.8 Å². The minimum Gasteiger partial charge on any atom is -0.392 e. The first-order chi connectivity index (χ1) is 8.92. The van der Waals surface area contributed by atoms with E-state index in [1.807, 2.05) is 20.9 Å². The number of nitrogens with two attached hydrogens (primary N) is 1. The van der Waals surface area contributed by atoms with Gasteiger partial charge in [0.05, 0.1) is 17.4 Å². The van der Waals surface area contributed by atoms with Gasteiger partial charge in [-0.05, 0) is 25.3 Å². The van der Waals surface area contributed by atoms with Crippen molar-refractivity contribution in [2.24, 2.45) is 5.73 Å². The molecule has 106 valence electrons. The van der Waals surface area contributed by atoms with Gasteiger partial charge in [0.1, 0.15) is 5.84 Å². The topological polar surface area (TPSA) is 99.1 Å². The number of amidine groups is 1. The number of hydrogen-bond acceptors (Lipinski definition) is 5. The Kier molecular flexibility index (Phi) is 5.23. The van der Waals surface area contributed by atoms with E-state index in [9.17, 15) is 5.11 Å². The molecule has 6 nitrogen and oxygen atoms in total. The largest absolute Gasteiger partial charge is 0.392 e. The third-order valence-electron chi connectivity index (χ3n) is 3.00. The highest BCUT2D eigenvalue weighted by molar-refractivity contribution is 6.01. The summed E-state index contributed by atoms with van der Waals surface area (Å²) >= 11 is 0. The number of likely N-dealkylation sites (N-methyl/N-ethyl adjacent to an activating group) is 1. The maximum atomic E-state index is 9.47. The highest BCUT2D eigenvalue weighted by Gasteiger charge is 2.20. The van der Waals surface area contributed by atoms with Crippen LogP contribution in [0.25, 0.3) is 0 Å². The molecule has 19 heavy (non-hydrogen) atoms. The van der Waals surface area contributed by atoms with Crippen molar-refractivity contribution in [1.82, 2.24) is 10.2 Å². The zero-order chi connectivity index (χ0) is 14.6. The smallest absolute Gasteiger partial charge is 0.162 e. The third kappa shape index (κ3) is 3.41. The van der Waals surface area contributed by atoms with E-state index < -0.39 is 6.10 Å². The molecule has 0 fully saturated rings. The normalized spacial score (nSPS) is 12.3. The molecule has 4 N–H and O–H groups in total. The van der Waals surface area contributed by atoms with Crippen LogP contribution in [0.4, 0.5) is 5.82 Å². The molecule has 0 radical (unpaired) electrons. The van der Waals surface area contributed by atoms with Crippen LogP contribution in [0.15, 0.2) is 0 Å². The van der Waals surface area contributed by atoms with E-state index in [0.29, 0.717) is 17.9 Å². The summed E-state index contributed by atoms with van der Waals surface area (Å²) in [5, 5.41) is 25.6. The molecule has 0 aliphatic heterocycles.